The first-order valence-corrected chi connectivity index (χ1v) is 9.23. The number of tetrazole rings is 1. The summed E-state index contributed by atoms with van der Waals surface area (Å²) in [6.45, 7) is 1.00. The van der Waals surface area contributed by atoms with Gasteiger partial charge in [0.15, 0.2) is 5.75 Å². The number of carbonyl (C=O) groups is 1. The molecule has 1 aliphatic heterocycles. The second kappa shape index (κ2) is 7.77. The minimum Gasteiger partial charge on any atom is -0.421 e. The Hall–Kier alpha value is -3.26. The maximum atomic E-state index is 12.1. The number of benzene rings is 2. The summed E-state index contributed by atoms with van der Waals surface area (Å²) in [5.74, 6) is 0.520. The lowest BCUT2D eigenvalue weighted by atomic mass is 10.00. The third kappa shape index (κ3) is 3.72. The minimum atomic E-state index is -0.0254. The first kappa shape index (κ1) is 18.1. The number of nitrogens with zero attached hydrogens (tertiary/aromatic N) is 5. The van der Waals surface area contributed by atoms with Crippen LogP contribution in [-0.2, 0) is 17.6 Å². The van der Waals surface area contributed by atoms with Crippen LogP contribution in [0.3, 0.4) is 0 Å². The molecule has 144 valence electrons. The molecule has 8 nitrogen and oxygen atoms in total. The number of anilines is 1. The van der Waals surface area contributed by atoms with E-state index in [0.29, 0.717) is 12.2 Å². The Labute approximate surface area is 163 Å². The van der Waals surface area contributed by atoms with Crippen LogP contribution in [0.4, 0.5) is 5.69 Å². The molecule has 0 saturated heterocycles. The highest BCUT2D eigenvalue weighted by molar-refractivity contribution is 6.01. The lowest BCUT2D eigenvalue weighted by molar-refractivity contribution is -0.115. The SMILES string of the molecule is CN(C)CCCc1ccc(Oc2nnnn2-c2ccccc2)c2c1CC(=O)N2. The molecule has 28 heavy (non-hydrogen) atoms. The first-order valence-electron chi connectivity index (χ1n) is 9.23. The van der Waals surface area contributed by atoms with Crippen LogP contribution < -0.4 is 10.1 Å². The summed E-state index contributed by atoms with van der Waals surface area (Å²) in [6, 6.07) is 13.7. The molecule has 0 atom stereocenters. The molecule has 2 aromatic carbocycles. The summed E-state index contributed by atoms with van der Waals surface area (Å²) >= 11 is 0. The Balaban J connectivity index is 1.61. The zero-order chi connectivity index (χ0) is 19.5. The summed E-state index contributed by atoms with van der Waals surface area (Å²) in [4.78, 5) is 14.2. The van der Waals surface area contributed by atoms with Crippen LogP contribution in [0.2, 0.25) is 0 Å². The highest BCUT2D eigenvalue weighted by atomic mass is 16.5. The number of rotatable bonds is 7. The lowest BCUT2D eigenvalue weighted by Crippen LogP contribution is -2.13. The number of carbonyl (C=O) groups excluding carboxylic acids is 1. The highest BCUT2D eigenvalue weighted by Crippen LogP contribution is 2.38. The van der Waals surface area contributed by atoms with Crippen molar-refractivity contribution in [3.05, 3.63) is 53.6 Å². The molecule has 1 amide bonds. The van der Waals surface area contributed by atoms with Crippen molar-refractivity contribution in [2.24, 2.45) is 0 Å². The molecule has 3 aromatic rings. The van der Waals surface area contributed by atoms with Gasteiger partial charge in [-0.3, -0.25) is 4.79 Å². The third-order valence-corrected chi connectivity index (χ3v) is 4.67. The molecular weight excluding hydrogens is 356 g/mol. The van der Waals surface area contributed by atoms with Crippen molar-refractivity contribution >= 4 is 11.6 Å². The van der Waals surface area contributed by atoms with Gasteiger partial charge < -0.3 is 15.0 Å². The summed E-state index contributed by atoms with van der Waals surface area (Å²) in [6.07, 6.45) is 2.31. The van der Waals surface area contributed by atoms with Gasteiger partial charge in [0, 0.05) is 0 Å². The number of nitrogens with one attached hydrogen (secondary N) is 1. The van der Waals surface area contributed by atoms with Crippen molar-refractivity contribution in [1.29, 1.82) is 0 Å². The number of aromatic nitrogens is 4. The van der Waals surface area contributed by atoms with Crippen molar-refractivity contribution < 1.29 is 9.53 Å². The van der Waals surface area contributed by atoms with E-state index in [2.05, 4.69) is 39.8 Å². The molecule has 4 rings (SSSR count). The maximum absolute atomic E-state index is 12.1. The fourth-order valence-electron chi connectivity index (χ4n) is 3.33. The molecular formula is C20H22N6O2. The average Bonchev–Trinajstić information content (AvgIpc) is 3.30. The summed E-state index contributed by atoms with van der Waals surface area (Å²) in [5, 5.41) is 14.6. The molecule has 0 unspecified atom stereocenters. The number of aryl methyl sites for hydroxylation is 1. The van der Waals surface area contributed by atoms with Crippen LogP contribution in [0, 0.1) is 0 Å². The first-order chi connectivity index (χ1) is 13.6. The van der Waals surface area contributed by atoms with Gasteiger partial charge in [-0.15, -0.1) is 0 Å². The number of hydrogen-bond acceptors (Lipinski definition) is 6. The summed E-state index contributed by atoms with van der Waals surface area (Å²) in [7, 11) is 4.12. The van der Waals surface area contributed by atoms with Crippen molar-refractivity contribution in [3.63, 3.8) is 0 Å². The molecule has 0 saturated carbocycles. The van der Waals surface area contributed by atoms with Crippen LogP contribution in [0.5, 0.6) is 11.8 Å². The van der Waals surface area contributed by atoms with Crippen LogP contribution in [0.25, 0.3) is 5.69 Å². The molecule has 1 N–H and O–H groups in total. The molecule has 0 aliphatic carbocycles. The molecule has 8 heteroatoms. The van der Waals surface area contributed by atoms with E-state index in [1.165, 1.54) is 10.2 Å². The van der Waals surface area contributed by atoms with Crippen LogP contribution in [0.15, 0.2) is 42.5 Å². The Morgan fingerprint density at radius 2 is 2.00 bits per heavy atom. The zero-order valence-corrected chi connectivity index (χ0v) is 15.9. The van der Waals surface area contributed by atoms with Gasteiger partial charge in [-0.05, 0) is 73.2 Å². The number of ether oxygens (including phenoxy) is 1. The summed E-state index contributed by atoms with van der Waals surface area (Å²) in [5.41, 5.74) is 3.68. The standard InChI is InChI=1S/C20H22N6O2/c1-25(2)12-6-7-14-10-11-17(19-16(14)13-18(27)21-19)28-20-22-23-24-26(20)15-8-4-3-5-9-15/h3-5,8-11H,6-7,12-13H2,1-2H3,(H,21,27). The lowest BCUT2D eigenvalue weighted by Gasteiger charge is -2.14. The van der Waals surface area contributed by atoms with Crippen LogP contribution in [-0.4, -0.2) is 51.7 Å². The maximum Gasteiger partial charge on any atom is 0.345 e. The topological polar surface area (TPSA) is 85.2 Å². The molecule has 2 heterocycles. The average molecular weight is 378 g/mol. The quantitative estimate of drug-likeness (QED) is 0.680. The molecule has 0 radical (unpaired) electrons. The monoisotopic (exact) mass is 378 g/mol. The van der Waals surface area contributed by atoms with Gasteiger partial charge in [-0.1, -0.05) is 29.4 Å². The largest absolute Gasteiger partial charge is 0.421 e. The van der Waals surface area contributed by atoms with Gasteiger partial charge >= 0.3 is 6.01 Å². The summed E-state index contributed by atoms with van der Waals surface area (Å²) < 4.78 is 7.52. The molecule has 0 fully saturated rings. The molecule has 0 bridgehead atoms. The third-order valence-electron chi connectivity index (χ3n) is 4.67. The van der Waals surface area contributed by atoms with E-state index >= 15 is 0 Å². The Kier molecular flexibility index (Phi) is 5.03. The van der Waals surface area contributed by atoms with Gasteiger partial charge in [-0.2, -0.15) is 4.68 Å². The Morgan fingerprint density at radius 1 is 1.18 bits per heavy atom. The predicted octanol–water partition coefficient (Wildman–Crippen LogP) is 2.44. The predicted molar refractivity (Wildman–Crippen MR) is 105 cm³/mol. The molecule has 0 spiro atoms. The van der Waals surface area contributed by atoms with Crippen molar-refractivity contribution in [2.75, 3.05) is 26.0 Å². The van der Waals surface area contributed by atoms with Gasteiger partial charge in [0.1, 0.15) is 0 Å². The smallest absolute Gasteiger partial charge is 0.345 e. The van der Waals surface area contributed by atoms with Crippen molar-refractivity contribution in [1.82, 2.24) is 25.1 Å². The van der Waals surface area contributed by atoms with Gasteiger partial charge in [-0.25, -0.2) is 0 Å². The number of para-hydroxylation sites is 1. The van der Waals surface area contributed by atoms with Crippen molar-refractivity contribution in [3.8, 4) is 17.4 Å². The van der Waals surface area contributed by atoms with Gasteiger partial charge in [0.05, 0.1) is 17.8 Å². The molecule has 1 aliphatic rings. The Bertz CT molecular complexity index is 984. The van der Waals surface area contributed by atoms with E-state index in [-0.39, 0.29) is 11.9 Å². The van der Waals surface area contributed by atoms with E-state index in [9.17, 15) is 4.79 Å². The van der Waals surface area contributed by atoms with Crippen molar-refractivity contribution in [2.45, 2.75) is 19.3 Å². The highest BCUT2D eigenvalue weighted by Gasteiger charge is 2.26. The van der Waals surface area contributed by atoms with E-state index in [1.54, 1.807) is 0 Å². The van der Waals surface area contributed by atoms with E-state index in [1.807, 2.05) is 42.5 Å². The van der Waals surface area contributed by atoms with Gasteiger partial charge in [0.2, 0.25) is 5.91 Å². The fraction of sp³-hybridized carbons (Fsp3) is 0.300. The van der Waals surface area contributed by atoms with Crippen LogP contribution in [0.1, 0.15) is 17.5 Å². The second-order valence-corrected chi connectivity index (χ2v) is 7.02. The van der Waals surface area contributed by atoms with E-state index in [0.717, 1.165) is 36.3 Å². The number of amides is 1. The number of fused-ring (bicyclic) bond motifs is 1. The molecule has 1 aromatic heterocycles. The fourth-order valence-corrected chi connectivity index (χ4v) is 3.33. The number of hydrogen-bond donors (Lipinski definition) is 1. The van der Waals surface area contributed by atoms with E-state index in [4.69, 9.17) is 4.74 Å². The van der Waals surface area contributed by atoms with E-state index < -0.39 is 0 Å². The minimum absolute atomic E-state index is 0.0254. The van der Waals surface area contributed by atoms with Crippen LogP contribution >= 0.6 is 0 Å². The Morgan fingerprint density at radius 3 is 2.79 bits per heavy atom. The second-order valence-electron chi connectivity index (χ2n) is 7.02. The normalized spacial score (nSPS) is 12.9. The zero-order valence-electron chi connectivity index (χ0n) is 15.9. The van der Waals surface area contributed by atoms with Gasteiger partial charge in [0.25, 0.3) is 0 Å².